The standard InChI is InChI=1S/C22H20F26O4/c23-11(24,13(27,28)15(31,32)17(35,36)19(39,40)21(43,44)45)1-3-49-5-7-51-9-10-52-8-6-50-4-2-12(25,26)14(29,30)16(33,34)18(37,38)20(41,42)22(46,47)48/h1-10H2. The van der Waals surface area contributed by atoms with Gasteiger partial charge in [-0.1, -0.05) is 0 Å². The first kappa shape index (κ1) is 50.0. The molecule has 0 saturated carbocycles. The van der Waals surface area contributed by atoms with Crippen molar-refractivity contribution in [1.82, 2.24) is 0 Å². The lowest BCUT2D eigenvalue weighted by molar-refractivity contribution is -0.440. The van der Waals surface area contributed by atoms with Gasteiger partial charge in [-0.3, -0.25) is 0 Å². The highest BCUT2D eigenvalue weighted by molar-refractivity contribution is 5.11. The lowest BCUT2D eigenvalue weighted by atomic mass is 9.93. The monoisotopic (exact) mass is 842 g/mol. The molecule has 0 aromatic rings. The van der Waals surface area contributed by atoms with Crippen molar-refractivity contribution in [2.24, 2.45) is 0 Å². The molecule has 4 nitrogen and oxygen atoms in total. The van der Waals surface area contributed by atoms with Crippen molar-refractivity contribution in [3.63, 3.8) is 0 Å². The normalized spacial score (nSPS) is 15.8. The Morgan fingerprint density at radius 2 is 0.385 bits per heavy atom. The van der Waals surface area contributed by atoms with Gasteiger partial charge in [0.2, 0.25) is 0 Å². The SMILES string of the molecule is FC(F)(F)C(F)(F)C(F)(F)C(F)(F)C(F)(F)C(F)(F)CCOCCOCCOCCOCCC(F)(F)C(F)(F)C(F)(F)C(F)(F)C(F)(F)C(F)(F)F. The van der Waals surface area contributed by atoms with E-state index >= 15 is 0 Å². The van der Waals surface area contributed by atoms with Crippen LogP contribution >= 0.6 is 0 Å². The maximum atomic E-state index is 13.6. The largest absolute Gasteiger partial charge is 0.460 e. The van der Waals surface area contributed by atoms with Crippen LogP contribution in [-0.4, -0.2) is 124 Å². The van der Waals surface area contributed by atoms with Crippen molar-refractivity contribution in [3.05, 3.63) is 0 Å². The van der Waals surface area contributed by atoms with Gasteiger partial charge in [0, 0.05) is 12.8 Å². The summed E-state index contributed by atoms with van der Waals surface area (Å²) < 4.78 is 356. The predicted molar refractivity (Wildman–Crippen MR) is 114 cm³/mol. The minimum absolute atomic E-state index is 0.553. The van der Waals surface area contributed by atoms with Crippen LogP contribution in [0.5, 0.6) is 0 Å². The van der Waals surface area contributed by atoms with Gasteiger partial charge in [0.1, 0.15) is 0 Å². The first-order valence-electron chi connectivity index (χ1n) is 12.9. The van der Waals surface area contributed by atoms with E-state index < -0.39 is 137 Å². The van der Waals surface area contributed by atoms with Crippen LogP contribution in [-0.2, 0) is 18.9 Å². The summed E-state index contributed by atoms with van der Waals surface area (Å²) in [6.45, 7) is -7.80. The third kappa shape index (κ3) is 9.27. The smallest absolute Gasteiger partial charge is 0.379 e. The van der Waals surface area contributed by atoms with E-state index in [1.54, 1.807) is 0 Å². The molecule has 52 heavy (non-hydrogen) atoms. The third-order valence-corrected chi connectivity index (χ3v) is 6.23. The van der Waals surface area contributed by atoms with Crippen molar-refractivity contribution in [1.29, 1.82) is 0 Å². The molecule has 0 spiro atoms. The lowest BCUT2D eigenvalue weighted by Gasteiger charge is -2.39. The molecule has 0 aromatic carbocycles. The average molecular weight is 842 g/mol. The summed E-state index contributed by atoms with van der Waals surface area (Å²) in [6.07, 6.45) is -20.4. The van der Waals surface area contributed by atoms with E-state index in [1.807, 2.05) is 0 Å². The molecule has 0 aromatic heterocycles. The molecule has 0 aliphatic rings. The fraction of sp³-hybridized carbons (Fsp3) is 1.00. The van der Waals surface area contributed by atoms with E-state index in [0.717, 1.165) is 0 Å². The van der Waals surface area contributed by atoms with Gasteiger partial charge >= 0.3 is 71.6 Å². The maximum absolute atomic E-state index is 13.6. The van der Waals surface area contributed by atoms with Crippen LogP contribution in [0.25, 0.3) is 0 Å². The topological polar surface area (TPSA) is 36.9 Å². The van der Waals surface area contributed by atoms with Crippen LogP contribution in [0.2, 0.25) is 0 Å². The van der Waals surface area contributed by atoms with E-state index in [9.17, 15) is 114 Å². The number of rotatable bonds is 23. The number of halogens is 26. The molecule has 0 saturated heterocycles. The lowest BCUT2D eigenvalue weighted by Crippen LogP contribution is -2.70. The van der Waals surface area contributed by atoms with Crippen LogP contribution in [0.15, 0.2) is 0 Å². The number of hydrogen-bond acceptors (Lipinski definition) is 4. The number of hydrogen-bond donors (Lipinski definition) is 0. The predicted octanol–water partition coefficient (Wildman–Crippen LogP) is 9.31. The van der Waals surface area contributed by atoms with Gasteiger partial charge in [0.05, 0.1) is 52.9 Å². The van der Waals surface area contributed by atoms with Crippen LogP contribution in [0.4, 0.5) is 114 Å². The summed E-state index contributed by atoms with van der Waals surface area (Å²) in [6, 6.07) is 0. The molecule has 0 fully saturated rings. The molecule has 0 heterocycles. The zero-order valence-electron chi connectivity index (χ0n) is 24.5. The Balaban J connectivity index is 4.65. The number of alkyl halides is 26. The Hall–Kier alpha value is -1.98. The summed E-state index contributed by atoms with van der Waals surface area (Å²) in [5, 5.41) is 0. The second-order valence-electron chi connectivity index (χ2n) is 9.95. The molecule has 0 radical (unpaired) electrons. The summed E-state index contributed by atoms with van der Waals surface area (Å²) in [4.78, 5) is 0. The zero-order valence-corrected chi connectivity index (χ0v) is 24.5. The Kier molecular flexibility index (Phi) is 15.4. The van der Waals surface area contributed by atoms with Crippen molar-refractivity contribution < 1.29 is 133 Å². The Morgan fingerprint density at radius 1 is 0.212 bits per heavy atom. The molecule has 0 bridgehead atoms. The molecule has 0 rings (SSSR count). The zero-order chi connectivity index (χ0) is 41.9. The second kappa shape index (κ2) is 16.0. The average Bonchev–Trinajstić information content (AvgIpc) is 2.95. The second-order valence-corrected chi connectivity index (χ2v) is 9.95. The quantitative estimate of drug-likeness (QED) is 0.0760. The van der Waals surface area contributed by atoms with Crippen molar-refractivity contribution >= 4 is 0 Å². The number of ether oxygens (including phenoxy) is 4. The molecule has 30 heteroatoms. The van der Waals surface area contributed by atoms with Crippen LogP contribution in [0.3, 0.4) is 0 Å². The van der Waals surface area contributed by atoms with E-state index in [0.29, 0.717) is 0 Å². The van der Waals surface area contributed by atoms with E-state index in [2.05, 4.69) is 18.9 Å². The minimum Gasteiger partial charge on any atom is -0.379 e. The summed E-state index contributed by atoms with van der Waals surface area (Å²) in [5.74, 6) is -75.6. The molecule has 0 amide bonds. The highest BCUT2D eigenvalue weighted by Crippen LogP contribution is 2.62. The first-order valence-corrected chi connectivity index (χ1v) is 12.9. The maximum Gasteiger partial charge on any atom is 0.460 e. The highest BCUT2D eigenvalue weighted by Gasteiger charge is 2.92. The van der Waals surface area contributed by atoms with Gasteiger partial charge in [0.15, 0.2) is 0 Å². The molecular formula is C22H20F26O4. The summed E-state index contributed by atoms with van der Waals surface area (Å²) in [5.41, 5.74) is 0. The van der Waals surface area contributed by atoms with Crippen molar-refractivity contribution in [3.8, 4) is 0 Å². The third-order valence-electron chi connectivity index (χ3n) is 6.23. The van der Waals surface area contributed by atoms with Gasteiger partial charge in [0.25, 0.3) is 0 Å². The van der Waals surface area contributed by atoms with Gasteiger partial charge in [-0.15, -0.1) is 0 Å². The molecule has 0 aliphatic heterocycles. The van der Waals surface area contributed by atoms with E-state index in [1.165, 1.54) is 0 Å². The molecule has 314 valence electrons. The van der Waals surface area contributed by atoms with E-state index in [-0.39, 0.29) is 0 Å². The van der Waals surface area contributed by atoms with Crippen molar-refractivity contribution in [2.75, 3.05) is 52.9 Å². The van der Waals surface area contributed by atoms with E-state index in [4.69, 9.17) is 0 Å². The van der Waals surface area contributed by atoms with Gasteiger partial charge in [-0.05, 0) is 0 Å². The van der Waals surface area contributed by atoms with Gasteiger partial charge in [-0.25, -0.2) is 0 Å². The first-order chi connectivity index (χ1) is 22.7. The Morgan fingerprint density at radius 3 is 0.577 bits per heavy atom. The Labute approximate surface area is 271 Å². The van der Waals surface area contributed by atoms with Crippen molar-refractivity contribution in [2.45, 2.75) is 84.4 Å². The van der Waals surface area contributed by atoms with Crippen LogP contribution in [0, 0.1) is 0 Å². The molecule has 0 aliphatic carbocycles. The van der Waals surface area contributed by atoms with Crippen LogP contribution in [0.1, 0.15) is 12.8 Å². The molecule has 0 atom stereocenters. The summed E-state index contributed by atoms with van der Waals surface area (Å²) >= 11 is 0. The van der Waals surface area contributed by atoms with Gasteiger partial charge in [-0.2, -0.15) is 114 Å². The fourth-order valence-corrected chi connectivity index (χ4v) is 3.08. The molecule has 0 N–H and O–H groups in total. The summed E-state index contributed by atoms with van der Waals surface area (Å²) in [7, 11) is 0. The molecular weight excluding hydrogens is 822 g/mol. The van der Waals surface area contributed by atoms with Crippen LogP contribution < -0.4 is 0 Å². The van der Waals surface area contributed by atoms with Gasteiger partial charge < -0.3 is 18.9 Å². The Bertz CT molecular complexity index is 1030. The molecule has 0 unspecified atom stereocenters. The fourth-order valence-electron chi connectivity index (χ4n) is 3.08. The minimum atomic E-state index is -8.07. The highest BCUT2D eigenvalue weighted by atomic mass is 19.4.